The van der Waals surface area contributed by atoms with E-state index in [4.69, 9.17) is 9.15 Å². The third kappa shape index (κ3) is 6.12. The maximum absolute atomic E-state index is 12.3. The molecule has 0 saturated carbocycles. The number of furan rings is 1. The lowest BCUT2D eigenvalue weighted by Crippen LogP contribution is -2.50. The quantitative estimate of drug-likeness (QED) is 0.742. The second kappa shape index (κ2) is 8.24. The molecule has 1 aromatic heterocycles. The summed E-state index contributed by atoms with van der Waals surface area (Å²) in [5.74, 6) is -1.61. The topological polar surface area (TPSA) is 118 Å². The number of carbonyl (C=O) groups is 4. The zero-order valence-electron chi connectivity index (χ0n) is 15.9. The number of urea groups is 1. The van der Waals surface area contributed by atoms with Crippen LogP contribution in [0.5, 0.6) is 0 Å². The Morgan fingerprint density at radius 3 is 2.67 bits per heavy atom. The molecule has 1 aromatic rings. The van der Waals surface area contributed by atoms with E-state index in [1.165, 1.54) is 18.1 Å². The SMILES string of the molecule is C[C@@H](OC(=O)[C@@H]1CC(=O)N(Cc2ccco2)C1)C(=O)NC(=O)NC(C)(C)C. The smallest absolute Gasteiger partial charge is 0.321 e. The number of hydrogen-bond donors (Lipinski definition) is 2. The summed E-state index contributed by atoms with van der Waals surface area (Å²) in [6.07, 6.45) is 0.369. The van der Waals surface area contributed by atoms with Crippen molar-refractivity contribution in [2.24, 2.45) is 5.92 Å². The molecule has 0 aliphatic carbocycles. The molecule has 2 N–H and O–H groups in total. The fourth-order valence-corrected chi connectivity index (χ4v) is 2.58. The third-order valence-corrected chi connectivity index (χ3v) is 3.86. The van der Waals surface area contributed by atoms with Gasteiger partial charge in [0.25, 0.3) is 5.91 Å². The zero-order valence-corrected chi connectivity index (χ0v) is 15.9. The van der Waals surface area contributed by atoms with E-state index in [0.29, 0.717) is 5.76 Å². The van der Waals surface area contributed by atoms with Gasteiger partial charge in [-0.2, -0.15) is 0 Å². The van der Waals surface area contributed by atoms with Gasteiger partial charge in [0.05, 0.1) is 18.7 Å². The van der Waals surface area contributed by atoms with Crippen LogP contribution in [0.4, 0.5) is 4.79 Å². The van der Waals surface area contributed by atoms with E-state index in [1.54, 1.807) is 32.9 Å². The molecule has 2 heterocycles. The Morgan fingerprint density at radius 1 is 1.37 bits per heavy atom. The monoisotopic (exact) mass is 379 g/mol. The van der Waals surface area contributed by atoms with Gasteiger partial charge >= 0.3 is 12.0 Å². The van der Waals surface area contributed by atoms with E-state index in [1.807, 2.05) is 0 Å². The summed E-state index contributed by atoms with van der Waals surface area (Å²) in [4.78, 5) is 49.5. The van der Waals surface area contributed by atoms with Crippen LogP contribution in [0.1, 0.15) is 39.9 Å². The van der Waals surface area contributed by atoms with Crippen molar-refractivity contribution < 1.29 is 28.3 Å². The summed E-state index contributed by atoms with van der Waals surface area (Å²) in [6.45, 7) is 7.15. The number of esters is 1. The molecule has 1 aliphatic rings. The highest BCUT2D eigenvalue weighted by molar-refractivity contribution is 5.97. The van der Waals surface area contributed by atoms with Crippen LogP contribution in [0.15, 0.2) is 22.8 Å². The van der Waals surface area contributed by atoms with Crippen molar-refractivity contribution in [3.8, 4) is 0 Å². The highest BCUT2D eigenvalue weighted by Gasteiger charge is 2.37. The predicted octanol–water partition coefficient (Wildman–Crippen LogP) is 1.18. The van der Waals surface area contributed by atoms with Gasteiger partial charge in [0.15, 0.2) is 6.10 Å². The van der Waals surface area contributed by atoms with Crippen molar-refractivity contribution in [2.45, 2.75) is 52.3 Å². The van der Waals surface area contributed by atoms with Gasteiger partial charge in [-0.25, -0.2) is 4.79 Å². The first kappa shape index (κ1) is 20.5. The summed E-state index contributed by atoms with van der Waals surface area (Å²) < 4.78 is 10.3. The molecule has 9 heteroatoms. The summed E-state index contributed by atoms with van der Waals surface area (Å²) in [6, 6.07) is 2.79. The van der Waals surface area contributed by atoms with Gasteiger partial charge in [-0.1, -0.05) is 0 Å². The zero-order chi connectivity index (χ0) is 20.2. The second-order valence-corrected chi connectivity index (χ2v) is 7.53. The van der Waals surface area contributed by atoms with Crippen LogP contribution in [0.2, 0.25) is 0 Å². The fourth-order valence-electron chi connectivity index (χ4n) is 2.58. The minimum absolute atomic E-state index is 0.0123. The molecule has 1 saturated heterocycles. The molecular weight excluding hydrogens is 354 g/mol. The second-order valence-electron chi connectivity index (χ2n) is 7.53. The van der Waals surface area contributed by atoms with Crippen LogP contribution in [0, 0.1) is 5.92 Å². The molecule has 0 unspecified atom stereocenters. The average molecular weight is 379 g/mol. The van der Waals surface area contributed by atoms with Gasteiger partial charge in [0.1, 0.15) is 5.76 Å². The molecule has 1 fully saturated rings. The van der Waals surface area contributed by atoms with Crippen molar-refractivity contribution in [1.82, 2.24) is 15.5 Å². The molecular formula is C18H25N3O6. The largest absolute Gasteiger partial charge is 0.467 e. The molecule has 9 nitrogen and oxygen atoms in total. The average Bonchev–Trinajstić information content (AvgIpc) is 3.16. The highest BCUT2D eigenvalue weighted by atomic mass is 16.5. The molecule has 0 aromatic carbocycles. The Kier molecular flexibility index (Phi) is 6.24. The number of imide groups is 1. The minimum Gasteiger partial charge on any atom is -0.467 e. The van der Waals surface area contributed by atoms with E-state index in [-0.39, 0.29) is 25.4 Å². The first-order chi connectivity index (χ1) is 12.5. The van der Waals surface area contributed by atoms with E-state index in [9.17, 15) is 19.2 Å². The molecule has 2 atom stereocenters. The van der Waals surface area contributed by atoms with E-state index < -0.39 is 35.5 Å². The summed E-state index contributed by atoms with van der Waals surface area (Å²) in [7, 11) is 0. The van der Waals surface area contributed by atoms with Crippen molar-refractivity contribution in [3.05, 3.63) is 24.2 Å². The summed E-state index contributed by atoms with van der Waals surface area (Å²) in [5, 5.41) is 4.70. The Hall–Kier alpha value is -2.84. The van der Waals surface area contributed by atoms with Crippen molar-refractivity contribution in [1.29, 1.82) is 0 Å². The van der Waals surface area contributed by atoms with Crippen molar-refractivity contribution in [3.63, 3.8) is 0 Å². The molecule has 4 amide bonds. The molecule has 0 radical (unpaired) electrons. The number of amides is 4. The van der Waals surface area contributed by atoms with Crippen LogP contribution in [0.25, 0.3) is 0 Å². The first-order valence-electron chi connectivity index (χ1n) is 8.69. The van der Waals surface area contributed by atoms with Gasteiger partial charge in [-0.3, -0.25) is 19.7 Å². The number of likely N-dealkylation sites (tertiary alicyclic amines) is 1. The Labute approximate surface area is 157 Å². The van der Waals surface area contributed by atoms with Gasteiger partial charge < -0.3 is 19.4 Å². The van der Waals surface area contributed by atoms with Crippen molar-refractivity contribution >= 4 is 23.8 Å². The molecule has 2 rings (SSSR count). The van der Waals surface area contributed by atoms with Crippen LogP contribution in [0.3, 0.4) is 0 Å². The third-order valence-electron chi connectivity index (χ3n) is 3.86. The Bertz CT molecular complexity index is 707. The molecule has 1 aliphatic heterocycles. The Morgan fingerprint density at radius 2 is 2.07 bits per heavy atom. The summed E-state index contributed by atoms with van der Waals surface area (Å²) >= 11 is 0. The molecule has 0 spiro atoms. The van der Waals surface area contributed by atoms with Crippen LogP contribution in [-0.2, 0) is 25.7 Å². The van der Waals surface area contributed by atoms with Gasteiger partial charge in [0, 0.05) is 18.5 Å². The number of nitrogens with zero attached hydrogens (tertiary/aromatic N) is 1. The van der Waals surface area contributed by atoms with E-state index in [2.05, 4.69) is 10.6 Å². The van der Waals surface area contributed by atoms with Gasteiger partial charge in [-0.15, -0.1) is 0 Å². The molecule has 27 heavy (non-hydrogen) atoms. The van der Waals surface area contributed by atoms with Crippen LogP contribution in [-0.4, -0.2) is 46.9 Å². The van der Waals surface area contributed by atoms with Crippen molar-refractivity contribution in [2.75, 3.05) is 6.54 Å². The van der Waals surface area contributed by atoms with E-state index in [0.717, 1.165) is 0 Å². The normalized spacial score (nSPS) is 18.1. The fraction of sp³-hybridized carbons (Fsp3) is 0.556. The van der Waals surface area contributed by atoms with Crippen LogP contribution >= 0.6 is 0 Å². The highest BCUT2D eigenvalue weighted by Crippen LogP contribution is 2.22. The summed E-state index contributed by atoms with van der Waals surface area (Å²) in [5.41, 5.74) is -0.508. The standard InChI is InChI=1S/C18H25N3O6/c1-11(15(23)19-17(25)20-18(2,3)4)27-16(24)12-8-14(22)21(9-12)10-13-6-5-7-26-13/h5-7,11-12H,8-10H2,1-4H3,(H2,19,20,23,25)/t11-,12-/m1/s1. The number of hydrogen-bond acceptors (Lipinski definition) is 6. The lowest BCUT2D eigenvalue weighted by molar-refractivity contribution is -0.158. The Balaban J connectivity index is 1.82. The first-order valence-corrected chi connectivity index (χ1v) is 8.69. The number of ether oxygens (including phenoxy) is 1. The number of nitrogens with one attached hydrogen (secondary N) is 2. The maximum atomic E-state index is 12.3. The number of carbonyl (C=O) groups excluding carboxylic acids is 4. The number of rotatable bonds is 5. The van der Waals surface area contributed by atoms with Gasteiger partial charge in [0.2, 0.25) is 5.91 Å². The van der Waals surface area contributed by atoms with E-state index >= 15 is 0 Å². The molecule has 148 valence electrons. The van der Waals surface area contributed by atoms with Gasteiger partial charge in [-0.05, 0) is 39.8 Å². The predicted molar refractivity (Wildman–Crippen MR) is 94.2 cm³/mol. The van der Waals surface area contributed by atoms with Crippen LogP contribution < -0.4 is 10.6 Å². The lowest BCUT2D eigenvalue weighted by Gasteiger charge is -2.21. The lowest BCUT2D eigenvalue weighted by atomic mass is 10.1. The minimum atomic E-state index is -1.16. The maximum Gasteiger partial charge on any atom is 0.321 e. The molecule has 0 bridgehead atoms.